The van der Waals surface area contributed by atoms with Crippen LogP contribution in [-0.4, -0.2) is 27.9 Å². The second-order valence-corrected chi connectivity index (χ2v) is 7.52. The summed E-state index contributed by atoms with van der Waals surface area (Å²) in [6, 6.07) is 12.6. The Kier molecular flexibility index (Phi) is 3.56. The van der Waals surface area contributed by atoms with E-state index in [0.29, 0.717) is 0 Å². The van der Waals surface area contributed by atoms with E-state index >= 15 is 0 Å². The number of nitrogens with zero attached hydrogens (tertiary/aromatic N) is 4. The highest BCUT2D eigenvalue weighted by molar-refractivity contribution is 6.01. The van der Waals surface area contributed by atoms with Gasteiger partial charge in [0.05, 0.1) is 16.6 Å². The molecule has 1 aliphatic rings. The minimum Gasteiger partial charge on any atom is -0.371 e. The first-order valence-electron chi connectivity index (χ1n) is 8.74. The highest BCUT2D eigenvalue weighted by atomic mass is 15.3. The van der Waals surface area contributed by atoms with E-state index in [0.717, 1.165) is 30.0 Å². The molecule has 124 valence electrons. The third-order valence-electron chi connectivity index (χ3n) is 4.68. The number of hydrogen-bond acceptors (Lipinski definition) is 3. The Labute approximate surface area is 143 Å². The minimum absolute atomic E-state index is 0.109. The maximum Gasteiger partial charge on any atom is 0.161 e. The van der Waals surface area contributed by atoms with Crippen molar-refractivity contribution in [2.24, 2.45) is 0 Å². The molecule has 1 saturated heterocycles. The van der Waals surface area contributed by atoms with Gasteiger partial charge in [-0.05, 0) is 39.7 Å². The number of fused-ring (bicyclic) bond motifs is 1. The summed E-state index contributed by atoms with van der Waals surface area (Å²) in [6.07, 6.45) is 4.45. The van der Waals surface area contributed by atoms with Crippen LogP contribution in [0, 0.1) is 0 Å². The van der Waals surface area contributed by atoms with Crippen LogP contribution < -0.4 is 4.90 Å². The number of aromatic nitrogens is 3. The van der Waals surface area contributed by atoms with Gasteiger partial charge < -0.3 is 4.90 Å². The Morgan fingerprint density at radius 3 is 2.33 bits per heavy atom. The molecule has 4 nitrogen and oxygen atoms in total. The third kappa shape index (κ3) is 2.46. The van der Waals surface area contributed by atoms with E-state index in [2.05, 4.69) is 60.7 Å². The molecule has 0 atom stereocenters. The van der Waals surface area contributed by atoms with Gasteiger partial charge in [-0.25, -0.2) is 9.67 Å². The smallest absolute Gasteiger partial charge is 0.161 e. The summed E-state index contributed by atoms with van der Waals surface area (Å²) in [4.78, 5) is 7.18. The van der Waals surface area contributed by atoms with Gasteiger partial charge in [-0.15, -0.1) is 0 Å². The van der Waals surface area contributed by atoms with Crippen molar-refractivity contribution in [1.29, 1.82) is 0 Å². The zero-order valence-corrected chi connectivity index (χ0v) is 14.7. The van der Waals surface area contributed by atoms with Crippen molar-refractivity contribution in [3.8, 4) is 11.3 Å². The zero-order chi connectivity index (χ0) is 16.7. The second-order valence-electron chi connectivity index (χ2n) is 7.52. The van der Waals surface area contributed by atoms with Gasteiger partial charge in [0, 0.05) is 24.8 Å². The standard InChI is InChI=1S/C20H24N4/c1-20(2,3)24-19-17(18(22-24)15-9-5-4-6-10-15)16(11-12-21-19)23-13-7-8-14-23/h4-6,9-12H,7-8,13-14H2,1-3H3. The molecule has 4 heteroatoms. The summed E-state index contributed by atoms with van der Waals surface area (Å²) in [5.74, 6) is 0. The Balaban J connectivity index is 2.03. The fraction of sp³-hybridized carbons (Fsp3) is 0.400. The van der Waals surface area contributed by atoms with E-state index in [1.54, 1.807) is 0 Å². The number of hydrogen-bond donors (Lipinski definition) is 0. The molecule has 3 heterocycles. The molecular formula is C20H24N4. The topological polar surface area (TPSA) is 34.0 Å². The molecule has 1 fully saturated rings. The Bertz CT molecular complexity index is 852. The van der Waals surface area contributed by atoms with Crippen LogP contribution in [0.1, 0.15) is 33.6 Å². The van der Waals surface area contributed by atoms with Crippen molar-refractivity contribution in [1.82, 2.24) is 14.8 Å². The first-order chi connectivity index (χ1) is 11.6. The van der Waals surface area contributed by atoms with E-state index in [4.69, 9.17) is 10.1 Å². The summed E-state index contributed by atoms with van der Waals surface area (Å²) >= 11 is 0. The predicted molar refractivity (Wildman–Crippen MR) is 99.4 cm³/mol. The number of pyridine rings is 1. The maximum atomic E-state index is 4.99. The van der Waals surface area contributed by atoms with Gasteiger partial charge in [-0.1, -0.05) is 30.3 Å². The van der Waals surface area contributed by atoms with Crippen LogP contribution in [-0.2, 0) is 5.54 Å². The summed E-state index contributed by atoms with van der Waals surface area (Å²) in [7, 11) is 0. The number of anilines is 1. The molecule has 0 aliphatic carbocycles. The molecule has 0 unspecified atom stereocenters. The lowest BCUT2D eigenvalue weighted by Crippen LogP contribution is -2.23. The molecule has 24 heavy (non-hydrogen) atoms. The largest absolute Gasteiger partial charge is 0.371 e. The van der Waals surface area contributed by atoms with Gasteiger partial charge in [-0.3, -0.25) is 0 Å². The lowest BCUT2D eigenvalue weighted by Gasteiger charge is -2.21. The van der Waals surface area contributed by atoms with Gasteiger partial charge in [0.25, 0.3) is 0 Å². The molecule has 0 N–H and O–H groups in total. The Hall–Kier alpha value is -2.36. The fourth-order valence-electron chi connectivity index (χ4n) is 3.51. The average molecular weight is 320 g/mol. The van der Waals surface area contributed by atoms with Crippen LogP contribution in [0.5, 0.6) is 0 Å². The zero-order valence-electron chi connectivity index (χ0n) is 14.7. The highest BCUT2D eigenvalue weighted by Crippen LogP contribution is 2.37. The first kappa shape index (κ1) is 15.2. The van der Waals surface area contributed by atoms with Gasteiger partial charge in [0.1, 0.15) is 5.69 Å². The quantitative estimate of drug-likeness (QED) is 0.699. The molecule has 0 radical (unpaired) electrons. The van der Waals surface area contributed by atoms with E-state index in [1.807, 2.05) is 12.3 Å². The molecule has 2 aromatic heterocycles. The minimum atomic E-state index is -0.109. The van der Waals surface area contributed by atoms with Crippen LogP contribution in [0.4, 0.5) is 5.69 Å². The van der Waals surface area contributed by atoms with E-state index in [9.17, 15) is 0 Å². The SMILES string of the molecule is CC(C)(C)n1nc(-c2ccccc2)c2c(N3CCCC3)ccnc21. The van der Waals surface area contributed by atoms with Gasteiger partial charge in [0.2, 0.25) is 0 Å². The molecule has 0 spiro atoms. The first-order valence-corrected chi connectivity index (χ1v) is 8.74. The predicted octanol–water partition coefficient (Wildman–Crippen LogP) is 4.45. The van der Waals surface area contributed by atoms with E-state index in [-0.39, 0.29) is 5.54 Å². The maximum absolute atomic E-state index is 4.99. The van der Waals surface area contributed by atoms with Gasteiger partial charge in [-0.2, -0.15) is 5.10 Å². The number of rotatable bonds is 2. The molecule has 4 rings (SSSR count). The number of benzene rings is 1. The highest BCUT2D eigenvalue weighted by Gasteiger charge is 2.26. The van der Waals surface area contributed by atoms with Crippen LogP contribution >= 0.6 is 0 Å². The lowest BCUT2D eigenvalue weighted by molar-refractivity contribution is 0.367. The summed E-state index contributed by atoms with van der Waals surface area (Å²) < 4.78 is 2.07. The van der Waals surface area contributed by atoms with Crippen LogP contribution in [0.15, 0.2) is 42.6 Å². The van der Waals surface area contributed by atoms with E-state index in [1.165, 1.54) is 23.9 Å². The molecule has 1 aliphatic heterocycles. The van der Waals surface area contributed by atoms with Crippen molar-refractivity contribution in [3.63, 3.8) is 0 Å². The Morgan fingerprint density at radius 1 is 0.958 bits per heavy atom. The average Bonchev–Trinajstić information content (AvgIpc) is 3.23. The third-order valence-corrected chi connectivity index (χ3v) is 4.68. The Morgan fingerprint density at radius 2 is 1.67 bits per heavy atom. The van der Waals surface area contributed by atoms with E-state index < -0.39 is 0 Å². The molecule has 0 amide bonds. The molecular weight excluding hydrogens is 296 g/mol. The monoisotopic (exact) mass is 320 g/mol. The summed E-state index contributed by atoms with van der Waals surface area (Å²) in [5.41, 5.74) is 4.33. The summed E-state index contributed by atoms with van der Waals surface area (Å²) in [6.45, 7) is 8.78. The van der Waals surface area contributed by atoms with Crippen LogP contribution in [0.2, 0.25) is 0 Å². The lowest BCUT2D eigenvalue weighted by atomic mass is 10.1. The second kappa shape index (κ2) is 5.62. The molecule has 0 saturated carbocycles. The van der Waals surface area contributed by atoms with Crippen molar-refractivity contribution in [2.75, 3.05) is 18.0 Å². The normalized spacial score (nSPS) is 15.4. The fourth-order valence-corrected chi connectivity index (χ4v) is 3.51. The van der Waals surface area contributed by atoms with Crippen LogP contribution in [0.25, 0.3) is 22.3 Å². The van der Waals surface area contributed by atoms with Gasteiger partial charge >= 0.3 is 0 Å². The molecule has 0 bridgehead atoms. The molecule has 1 aromatic carbocycles. The molecule has 3 aromatic rings. The van der Waals surface area contributed by atoms with Crippen LogP contribution in [0.3, 0.4) is 0 Å². The van der Waals surface area contributed by atoms with Crippen molar-refractivity contribution >= 4 is 16.7 Å². The van der Waals surface area contributed by atoms with Gasteiger partial charge in [0.15, 0.2) is 5.65 Å². The van der Waals surface area contributed by atoms with Crippen molar-refractivity contribution < 1.29 is 0 Å². The van der Waals surface area contributed by atoms with Crippen molar-refractivity contribution in [3.05, 3.63) is 42.6 Å². The van der Waals surface area contributed by atoms with Crippen molar-refractivity contribution in [2.45, 2.75) is 39.2 Å². The summed E-state index contributed by atoms with van der Waals surface area (Å²) in [5, 5.41) is 6.17.